The number of fused-ring (bicyclic) bond motifs is 1. The summed E-state index contributed by atoms with van der Waals surface area (Å²) in [5.41, 5.74) is 4.55. The summed E-state index contributed by atoms with van der Waals surface area (Å²) < 4.78 is 5.10. The van der Waals surface area contributed by atoms with Gasteiger partial charge in [-0.05, 0) is 49.9 Å². The zero-order valence-corrected chi connectivity index (χ0v) is 12.8. The molecule has 1 aromatic carbocycles. The predicted molar refractivity (Wildman–Crippen MR) is 83.5 cm³/mol. The molecule has 4 aliphatic rings. The molecule has 1 N–H and O–H groups in total. The van der Waals surface area contributed by atoms with Crippen molar-refractivity contribution in [1.82, 2.24) is 4.90 Å². The third-order valence-electron chi connectivity index (χ3n) is 6.24. The Labute approximate surface area is 130 Å². The van der Waals surface area contributed by atoms with Crippen molar-refractivity contribution in [3.8, 4) is 0 Å². The van der Waals surface area contributed by atoms with Gasteiger partial charge in [0.1, 0.15) is 0 Å². The Balaban J connectivity index is 1.79. The number of methoxy groups -OCH3 is 1. The van der Waals surface area contributed by atoms with E-state index in [0.29, 0.717) is 12.0 Å². The molecule has 2 saturated heterocycles. The van der Waals surface area contributed by atoms with E-state index in [1.165, 1.54) is 31.3 Å². The average molecular weight is 296 g/mol. The van der Waals surface area contributed by atoms with Gasteiger partial charge in [0.05, 0.1) is 18.1 Å². The van der Waals surface area contributed by atoms with Crippen molar-refractivity contribution in [2.24, 2.45) is 5.92 Å². The number of carbonyl (C=O) groups is 1. The zero-order chi connectivity index (χ0) is 14.9. The third kappa shape index (κ3) is 1.30. The van der Waals surface area contributed by atoms with Crippen LogP contribution in [0.1, 0.15) is 24.8 Å². The van der Waals surface area contributed by atoms with Crippen molar-refractivity contribution >= 4 is 11.7 Å². The predicted octanol–water partition coefficient (Wildman–Crippen LogP) is 2.27. The number of nitrogens with zero attached hydrogens (tertiary/aromatic N) is 1. The fourth-order valence-corrected chi connectivity index (χ4v) is 5.52. The van der Waals surface area contributed by atoms with E-state index in [2.05, 4.69) is 34.5 Å². The van der Waals surface area contributed by atoms with E-state index in [1.54, 1.807) is 0 Å². The summed E-state index contributed by atoms with van der Waals surface area (Å²) in [6.45, 7) is 2.30. The standard InChI is InChI=1S/C18H20N2O2/c1-22-17(21)12-10-11-6-8-20-9-7-18(16(11)20)13-4-2-3-5-14(13)19-15(12)18/h2-5,11,16,19H,6-10H2,1H3/t11-,16+,18+/m1/s1. The maximum absolute atomic E-state index is 12.4. The fraction of sp³-hybridized carbons (Fsp3) is 0.500. The Morgan fingerprint density at radius 1 is 1.36 bits per heavy atom. The molecular weight excluding hydrogens is 276 g/mol. The van der Waals surface area contributed by atoms with Crippen LogP contribution in [0, 0.1) is 5.92 Å². The average Bonchev–Trinajstić information content (AvgIpc) is 3.22. The van der Waals surface area contributed by atoms with Gasteiger partial charge in [0.2, 0.25) is 0 Å². The van der Waals surface area contributed by atoms with E-state index >= 15 is 0 Å². The first-order valence-electron chi connectivity index (χ1n) is 8.18. The molecule has 0 saturated carbocycles. The second kappa shape index (κ2) is 4.13. The SMILES string of the molecule is COC(=O)C1=C2Nc3ccccc3[C@@]23CCN2CC[C@H](C1)[C@H]23. The highest BCUT2D eigenvalue weighted by Gasteiger charge is 2.62. The van der Waals surface area contributed by atoms with Gasteiger partial charge in [0.15, 0.2) is 0 Å². The molecule has 5 rings (SSSR count). The number of benzene rings is 1. The van der Waals surface area contributed by atoms with E-state index in [9.17, 15) is 4.79 Å². The fourth-order valence-electron chi connectivity index (χ4n) is 5.52. The second-order valence-corrected chi connectivity index (χ2v) is 6.97. The van der Waals surface area contributed by atoms with E-state index in [1.807, 2.05) is 0 Å². The van der Waals surface area contributed by atoms with E-state index in [-0.39, 0.29) is 11.4 Å². The van der Waals surface area contributed by atoms with Gasteiger partial charge in [-0.3, -0.25) is 4.90 Å². The van der Waals surface area contributed by atoms with Crippen LogP contribution >= 0.6 is 0 Å². The maximum atomic E-state index is 12.4. The van der Waals surface area contributed by atoms with Crippen molar-refractivity contribution in [3.05, 3.63) is 41.1 Å². The molecule has 1 aromatic rings. The molecule has 3 heterocycles. The molecule has 0 amide bonds. The lowest BCUT2D eigenvalue weighted by atomic mass is 9.64. The molecular formula is C18H20N2O2. The van der Waals surface area contributed by atoms with E-state index in [4.69, 9.17) is 4.74 Å². The van der Waals surface area contributed by atoms with Gasteiger partial charge in [-0.1, -0.05) is 18.2 Å². The molecule has 4 nitrogen and oxygen atoms in total. The molecule has 114 valence electrons. The normalized spacial score (nSPS) is 35.0. The summed E-state index contributed by atoms with van der Waals surface area (Å²) in [4.78, 5) is 15.0. The molecule has 0 aromatic heterocycles. The van der Waals surface area contributed by atoms with Crippen molar-refractivity contribution < 1.29 is 9.53 Å². The molecule has 3 atom stereocenters. The number of ether oxygens (including phenoxy) is 1. The molecule has 2 fully saturated rings. The quantitative estimate of drug-likeness (QED) is 0.807. The van der Waals surface area contributed by atoms with Gasteiger partial charge >= 0.3 is 5.97 Å². The summed E-state index contributed by atoms with van der Waals surface area (Å²) in [5.74, 6) is 0.423. The van der Waals surface area contributed by atoms with Crippen LogP contribution in [0.15, 0.2) is 35.5 Å². The van der Waals surface area contributed by atoms with E-state index < -0.39 is 0 Å². The summed E-state index contributed by atoms with van der Waals surface area (Å²) >= 11 is 0. The number of esters is 1. The van der Waals surface area contributed by atoms with Gasteiger partial charge in [0.25, 0.3) is 0 Å². The lowest BCUT2D eigenvalue weighted by Gasteiger charge is -2.41. The summed E-state index contributed by atoms with van der Waals surface area (Å²) in [6.07, 6.45) is 3.16. The highest BCUT2D eigenvalue weighted by molar-refractivity contribution is 5.93. The second-order valence-electron chi connectivity index (χ2n) is 6.97. The van der Waals surface area contributed by atoms with Crippen molar-refractivity contribution in [2.75, 3.05) is 25.5 Å². The van der Waals surface area contributed by atoms with Crippen LogP contribution < -0.4 is 5.32 Å². The Morgan fingerprint density at radius 2 is 2.23 bits per heavy atom. The Hall–Kier alpha value is -1.81. The lowest BCUT2D eigenvalue weighted by molar-refractivity contribution is -0.136. The molecule has 1 spiro atoms. The summed E-state index contributed by atoms with van der Waals surface area (Å²) in [5, 5.41) is 3.58. The highest BCUT2D eigenvalue weighted by Crippen LogP contribution is 2.61. The van der Waals surface area contributed by atoms with Crippen LogP contribution in [0.5, 0.6) is 0 Å². The molecule has 0 unspecified atom stereocenters. The molecule has 22 heavy (non-hydrogen) atoms. The first kappa shape index (κ1) is 12.7. The Kier molecular flexibility index (Phi) is 2.39. The van der Waals surface area contributed by atoms with Crippen LogP contribution in [-0.4, -0.2) is 37.1 Å². The molecule has 3 aliphatic heterocycles. The molecule has 1 aliphatic carbocycles. The number of carbonyl (C=O) groups excluding carboxylic acids is 1. The molecule has 0 bridgehead atoms. The number of hydrogen-bond acceptors (Lipinski definition) is 4. The van der Waals surface area contributed by atoms with Crippen LogP contribution in [0.3, 0.4) is 0 Å². The van der Waals surface area contributed by atoms with Crippen molar-refractivity contribution in [2.45, 2.75) is 30.7 Å². The van der Waals surface area contributed by atoms with E-state index in [0.717, 1.165) is 30.7 Å². The van der Waals surface area contributed by atoms with Crippen molar-refractivity contribution in [1.29, 1.82) is 0 Å². The number of para-hydroxylation sites is 1. The topological polar surface area (TPSA) is 41.6 Å². The van der Waals surface area contributed by atoms with Gasteiger partial charge < -0.3 is 10.1 Å². The van der Waals surface area contributed by atoms with Gasteiger partial charge in [-0.15, -0.1) is 0 Å². The summed E-state index contributed by atoms with van der Waals surface area (Å²) in [6, 6.07) is 9.12. The minimum atomic E-state index is -0.154. The van der Waals surface area contributed by atoms with Gasteiger partial charge in [-0.2, -0.15) is 0 Å². The smallest absolute Gasteiger partial charge is 0.335 e. The Bertz CT molecular complexity index is 711. The maximum Gasteiger partial charge on any atom is 0.335 e. The minimum absolute atomic E-state index is 0.0144. The largest absolute Gasteiger partial charge is 0.466 e. The zero-order valence-electron chi connectivity index (χ0n) is 12.8. The van der Waals surface area contributed by atoms with Crippen LogP contribution in [0.4, 0.5) is 5.69 Å². The van der Waals surface area contributed by atoms with Crippen LogP contribution in [0.2, 0.25) is 0 Å². The monoisotopic (exact) mass is 296 g/mol. The summed E-state index contributed by atoms with van der Waals surface area (Å²) in [7, 11) is 1.49. The number of anilines is 1. The first-order chi connectivity index (χ1) is 10.8. The minimum Gasteiger partial charge on any atom is -0.466 e. The van der Waals surface area contributed by atoms with Crippen LogP contribution in [-0.2, 0) is 14.9 Å². The van der Waals surface area contributed by atoms with Gasteiger partial charge in [0, 0.05) is 17.4 Å². The highest BCUT2D eigenvalue weighted by atomic mass is 16.5. The van der Waals surface area contributed by atoms with Gasteiger partial charge in [-0.25, -0.2) is 4.79 Å². The Morgan fingerprint density at radius 3 is 3.09 bits per heavy atom. The lowest BCUT2D eigenvalue weighted by Crippen LogP contribution is -2.47. The number of hydrogen-bond donors (Lipinski definition) is 1. The molecule has 0 radical (unpaired) electrons. The third-order valence-corrected chi connectivity index (χ3v) is 6.24. The number of nitrogens with one attached hydrogen (secondary N) is 1. The number of rotatable bonds is 1. The first-order valence-corrected chi connectivity index (χ1v) is 8.18. The van der Waals surface area contributed by atoms with Crippen LogP contribution in [0.25, 0.3) is 0 Å². The molecule has 4 heteroatoms. The van der Waals surface area contributed by atoms with Crippen molar-refractivity contribution in [3.63, 3.8) is 0 Å².